The van der Waals surface area contributed by atoms with E-state index < -0.39 is 0 Å². The maximum Gasteiger partial charge on any atom is 0.271 e. The molecule has 0 aromatic carbocycles. The van der Waals surface area contributed by atoms with Crippen molar-refractivity contribution in [3.8, 4) is 11.4 Å². The average Bonchev–Trinajstić information content (AvgIpc) is 3.26. The monoisotopic (exact) mass is 395 g/mol. The fraction of sp³-hybridized carbons (Fsp3) is 0.545. The Balaban J connectivity index is 1.36. The molecule has 2 aliphatic rings. The van der Waals surface area contributed by atoms with E-state index in [2.05, 4.69) is 27.4 Å². The van der Waals surface area contributed by atoms with Crippen LogP contribution in [0.3, 0.4) is 0 Å². The van der Waals surface area contributed by atoms with Gasteiger partial charge in [-0.1, -0.05) is 13.0 Å². The molecule has 2 aromatic rings. The lowest BCUT2D eigenvalue weighted by molar-refractivity contribution is -0.127. The molecule has 4 rings (SSSR count). The van der Waals surface area contributed by atoms with E-state index >= 15 is 0 Å². The number of aromatic nitrogens is 3. The van der Waals surface area contributed by atoms with Crippen molar-refractivity contribution in [2.24, 2.45) is 11.8 Å². The van der Waals surface area contributed by atoms with Gasteiger partial charge >= 0.3 is 0 Å². The highest BCUT2D eigenvalue weighted by atomic mass is 16.2. The molecule has 2 aromatic heterocycles. The molecule has 1 saturated heterocycles. The summed E-state index contributed by atoms with van der Waals surface area (Å²) in [5.41, 5.74) is 1.81. The van der Waals surface area contributed by atoms with Crippen LogP contribution in [0.25, 0.3) is 11.4 Å². The van der Waals surface area contributed by atoms with Crippen molar-refractivity contribution in [1.82, 2.24) is 25.4 Å². The standard InChI is InChI=1S/C22H29N5O2/c1-15-7-9-17(10-8-15)24-21(28)16-5-4-12-27(14-16)22(29)20-13-19(25-26-20)18-6-2-3-11-23-18/h2-3,6,11,13,15-17H,4-5,7-10,12,14H2,1H3,(H,24,28)(H,25,26). The largest absolute Gasteiger partial charge is 0.353 e. The van der Waals surface area contributed by atoms with Crippen LogP contribution >= 0.6 is 0 Å². The number of likely N-dealkylation sites (tertiary alicyclic amines) is 1. The fourth-order valence-corrected chi connectivity index (χ4v) is 4.35. The van der Waals surface area contributed by atoms with Crippen LogP contribution in [-0.4, -0.2) is 51.0 Å². The fourth-order valence-electron chi connectivity index (χ4n) is 4.35. The molecule has 0 radical (unpaired) electrons. The highest BCUT2D eigenvalue weighted by molar-refractivity contribution is 5.93. The van der Waals surface area contributed by atoms with Crippen LogP contribution in [0.15, 0.2) is 30.5 Å². The van der Waals surface area contributed by atoms with E-state index in [0.717, 1.165) is 37.3 Å². The predicted molar refractivity (Wildman–Crippen MR) is 110 cm³/mol. The lowest BCUT2D eigenvalue weighted by Crippen LogP contribution is -2.48. The highest BCUT2D eigenvalue weighted by Gasteiger charge is 2.31. The zero-order valence-corrected chi connectivity index (χ0v) is 16.9. The number of pyridine rings is 1. The number of H-pyrrole nitrogens is 1. The van der Waals surface area contributed by atoms with E-state index in [1.54, 1.807) is 17.2 Å². The molecule has 29 heavy (non-hydrogen) atoms. The van der Waals surface area contributed by atoms with Gasteiger partial charge in [0.25, 0.3) is 5.91 Å². The molecule has 7 nitrogen and oxygen atoms in total. The first-order chi connectivity index (χ1) is 14.1. The van der Waals surface area contributed by atoms with E-state index in [9.17, 15) is 9.59 Å². The lowest BCUT2D eigenvalue weighted by atomic mass is 9.87. The number of nitrogens with one attached hydrogen (secondary N) is 2. The zero-order valence-electron chi connectivity index (χ0n) is 16.9. The normalized spacial score (nSPS) is 24.9. The Bertz CT molecular complexity index is 842. The summed E-state index contributed by atoms with van der Waals surface area (Å²) < 4.78 is 0. The number of carbonyl (C=O) groups excluding carboxylic acids is 2. The summed E-state index contributed by atoms with van der Waals surface area (Å²) in [6.07, 6.45) is 7.86. The van der Waals surface area contributed by atoms with Crippen molar-refractivity contribution in [2.75, 3.05) is 13.1 Å². The number of carbonyl (C=O) groups is 2. The minimum absolute atomic E-state index is 0.0980. The van der Waals surface area contributed by atoms with Crippen LogP contribution in [0.2, 0.25) is 0 Å². The van der Waals surface area contributed by atoms with Crippen LogP contribution in [0.5, 0.6) is 0 Å². The van der Waals surface area contributed by atoms with Crippen LogP contribution in [0.1, 0.15) is 55.9 Å². The Morgan fingerprint density at radius 3 is 2.72 bits per heavy atom. The molecule has 2 fully saturated rings. The van der Waals surface area contributed by atoms with E-state index in [-0.39, 0.29) is 17.7 Å². The van der Waals surface area contributed by atoms with Crippen molar-refractivity contribution in [2.45, 2.75) is 51.5 Å². The van der Waals surface area contributed by atoms with E-state index in [1.807, 2.05) is 18.2 Å². The van der Waals surface area contributed by atoms with Crippen LogP contribution in [-0.2, 0) is 4.79 Å². The summed E-state index contributed by atoms with van der Waals surface area (Å²) in [6, 6.07) is 7.61. The molecule has 0 spiro atoms. The van der Waals surface area contributed by atoms with Gasteiger partial charge in [0.1, 0.15) is 11.4 Å². The van der Waals surface area contributed by atoms with Crippen molar-refractivity contribution in [3.63, 3.8) is 0 Å². The Morgan fingerprint density at radius 1 is 1.14 bits per heavy atom. The number of hydrogen-bond donors (Lipinski definition) is 2. The number of amides is 2. The summed E-state index contributed by atoms with van der Waals surface area (Å²) in [6.45, 7) is 3.41. The minimum atomic E-state index is -0.134. The van der Waals surface area contributed by atoms with Gasteiger partial charge in [-0.15, -0.1) is 0 Å². The molecule has 1 aliphatic heterocycles. The first kappa shape index (κ1) is 19.6. The third-order valence-corrected chi connectivity index (χ3v) is 6.18. The maximum atomic E-state index is 12.9. The summed E-state index contributed by atoms with van der Waals surface area (Å²) in [5, 5.41) is 10.3. The minimum Gasteiger partial charge on any atom is -0.353 e. The van der Waals surface area contributed by atoms with Crippen molar-refractivity contribution in [1.29, 1.82) is 0 Å². The SMILES string of the molecule is CC1CCC(NC(=O)C2CCCN(C(=O)c3cc(-c4ccccn4)n[nH]3)C2)CC1. The third kappa shape index (κ3) is 4.66. The molecule has 154 valence electrons. The molecule has 1 aliphatic carbocycles. The average molecular weight is 396 g/mol. The number of nitrogens with zero attached hydrogens (tertiary/aromatic N) is 3. The maximum absolute atomic E-state index is 12.9. The van der Waals surface area contributed by atoms with Gasteiger partial charge in [0.05, 0.1) is 11.6 Å². The first-order valence-corrected chi connectivity index (χ1v) is 10.7. The summed E-state index contributed by atoms with van der Waals surface area (Å²) in [7, 11) is 0. The number of aromatic amines is 1. The smallest absolute Gasteiger partial charge is 0.271 e. The molecule has 1 unspecified atom stereocenters. The topological polar surface area (TPSA) is 91.0 Å². The number of rotatable bonds is 4. The van der Waals surface area contributed by atoms with Gasteiger partial charge in [-0.2, -0.15) is 5.10 Å². The van der Waals surface area contributed by atoms with Gasteiger partial charge in [-0.3, -0.25) is 19.7 Å². The molecule has 7 heteroatoms. The van der Waals surface area contributed by atoms with Crippen LogP contribution in [0, 0.1) is 11.8 Å². The van der Waals surface area contributed by atoms with Gasteiger partial charge in [0.2, 0.25) is 5.91 Å². The third-order valence-electron chi connectivity index (χ3n) is 6.18. The van der Waals surface area contributed by atoms with E-state index in [0.29, 0.717) is 30.5 Å². The Kier molecular flexibility index (Phi) is 5.92. The number of hydrogen-bond acceptors (Lipinski definition) is 4. The van der Waals surface area contributed by atoms with Gasteiger partial charge in [0, 0.05) is 25.3 Å². The van der Waals surface area contributed by atoms with Crippen molar-refractivity contribution >= 4 is 11.8 Å². The molecular weight excluding hydrogens is 366 g/mol. The van der Waals surface area contributed by atoms with Crippen LogP contribution in [0.4, 0.5) is 0 Å². The summed E-state index contributed by atoms with van der Waals surface area (Å²) >= 11 is 0. The summed E-state index contributed by atoms with van der Waals surface area (Å²) in [4.78, 5) is 31.7. The van der Waals surface area contributed by atoms with E-state index in [4.69, 9.17) is 0 Å². The van der Waals surface area contributed by atoms with Crippen molar-refractivity contribution < 1.29 is 9.59 Å². The Morgan fingerprint density at radius 2 is 1.97 bits per heavy atom. The second-order valence-electron chi connectivity index (χ2n) is 8.44. The zero-order chi connectivity index (χ0) is 20.2. The lowest BCUT2D eigenvalue weighted by Gasteiger charge is -2.33. The molecule has 3 heterocycles. The van der Waals surface area contributed by atoms with Gasteiger partial charge < -0.3 is 10.2 Å². The van der Waals surface area contributed by atoms with Gasteiger partial charge in [0.15, 0.2) is 0 Å². The highest BCUT2D eigenvalue weighted by Crippen LogP contribution is 2.25. The predicted octanol–water partition coefficient (Wildman–Crippen LogP) is 3.02. The molecule has 1 saturated carbocycles. The van der Waals surface area contributed by atoms with Gasteiger partial charge in [-0.05, 0) is 62.6 Å². The number of piperidine rings is 1. The Labute approximate surface area is 171 Å². The van der Waals surface area contributed by atoms with Crippen LogP contribution < -0.4 is 5.32 Å². The molecule has 0 bridgehead atoms. The second-order valence-corrected chi connectivity index (χ2v) is 8.44. The van der Waals surface area contributed by atoms with E-state index in [1.165, 1.54) is 12.8 Å². The molecular formula is C22H29N5O2. The quantitative estimate of drug-likeness (QED) is 0.832. The first-order valence-electron chi connectivity index (χ1n) is 10.7. The second kappa shape index (κ2) is 8.76. The summed E-state index contributed by atoms with van der Waals surface area (Å²) in [5.74, 6) is 0.617. The molecule has 2 amide bonds. The van der Waals surface area contributed by atoms with Gasteiger partial charge in [-0.25, -0.2) is 0 Å². The van der Waals surface area contributed by atoms with Crippen molar-refractivity contribution in [3.05, 3.63) is 36.2 Å². The molecule has 1 atom stereocenters. The molecule has 2 N–H and O–H groups in total. The Hall–Kier alpha value is -2.70.